The molecule has 20 nitrogen and oxygen atoms in total. The minimum absolute atomic E-state index is 0.00625. The van der Waals surface area contributed by atoms with Gasteiger partial charge in [0.25, 0.3) is 0 Å². The first-order chi connectivity index (χ1) is 56.3. The van der Waals surface area contributed by atoms with Crippen LogP contribution in [0.25, 0.3) is 0 Å². The molecule has 6 aliphatic heterocycles. The molecule has 6 fully saturated rings. The van der Waals surface area contributed by atoms with Crippen LogP contribution in [0.3, 0.4) is 0 Å². The fourth-order valence-electron chi connectivity index (χ4n) is 15.5. The molecule has 6 aliphatic rings. The Bertz CT molecular complexity index is 4410. The maximum Gasteiger partial charge on any atom is 0.187 e. The summed E-state index contributed by atoms with van der Waals surface area (Å²) in [7, 11) is 0. The van der Waals surface area contributed by atoms with Gasteiger partial charge in [0.15, 0.2) is 37.7 Å². The van der Waals surface area contributed by atoms with E-state index in [1.54, 1.807) is 0 Å². The van der Waals surface area contributed by atoms with E-state index in [-0.39, 0.29) is 72.7 Å². The van der Waals surface area contributed by atoms with E-state index in [4.69, 9.17) is 90.0 Å². The Labute approximate surface area is 665 Å². The van der Waals surface area contributed by atoms with Crippen molar-refractivity contribution in [2.24, 2.45) is 0 Å². The van der Waals surface area contributed by atoms with Crippen LogP contribution in [0.15, 0.2) is 303 Å². The Hall–Kier alpha value is -8.60. The molecule has 1 N–H and O–H groups in total. The number of hydrogen-bond donors (Lipinski definition) is 1. The third kappa shape index (κ3) is 20.4. The average Bonchev–Trinajstić information content (AvgIpc) is 0.746. The number of rotatable bonds is 33. The predicted molar refractivity (Wildman–Crippen MR) is 418 cm³/mol. The first-order valence-corrected chi connectivity index (χ1v) is 39.4. The zero-order chi connectivity index (χ0) is 77.0. The van der Waals surface area contributed by atoms with Crippen LogP contribution in [-0.2, 0) is 143 Å². The van der Waals surface area contributed by atoms with Gasteiger partial charge in [-0.25, -0.2) is 0 Å². The normalized spacial score (nSPS) is 30.2. The van der Waals surface area contributed by atoms with Crippen LogP contribution in [0, 0.1) is 0 Å². The Morgan fingerprint density at radius 2 is 0.561 bits per heavy atom. The summed E-state index contributed by atoms with van der Waals surface area (Å²) < 4.78 is 138. The molecule has 16 rings (SSSR count). The fourth-order valence-corrected chi connectivity index (χ4v) is 15.5. The highest BCUT2D eigenvalue weighted by atomic mass is 16.8. The second kappa shape index (κ2) is 39.8. The first-order valence-electron chi connectivity index (χ1n) is 39.4. The molecule has 0 radical (unpaired) electrons. The molecule has 20 heteroatoms. The zero-order valence-electron chi connectivity index (χ0n) is 63.6. The third-order valence-corrected chi connectivity index (χ3v) is 21.3. The Morgan fingerprint density at radius 1 is 0.272 bits per heavy atom. The van der Waals surface area contributed by atoms with Crippen molar-refractivity contribution < 1.29 is 95.1 Å². The number of ether oxygens (including phenoxy) is 19. The van der Waals surface area contributed by atoms with E-state index in [1.165, 1.54) is 0 Å². The van der Waals surface area contributed by atoms with Crippen LogP contribution in [0.2, 0.25) is 0 Å². The topological polar surface area (TPSA) is 196 Å². The number of aliphatic hydroxyl groups excluding tert-OH is 1. The SMILES string of the molecule is C[C@@H]1O[C@@H](O[C@H]2[C@H](O[C@@H]3[C@@H](OCc4ccccc4)[C@H](O)O[C@@H]4COC(c5ccccc5)O[C@H]34)O[C@@H]3COC(c4ccccc4)O[C@@H]3[C@@H]2O[C@H]2O[C@H](COCc3ccccc3)[C@H](OCc3ccccc3)[C@H](OCc3ccccc3)[C@H]2OCc2ccccc2)[C@@H](OCc2ccccc2)[C@H](OCc2ccccc2)[C@@H]1OCc1ccccc1. The molecular weight excluding hydrogens is 1450 g/mol. The van der Waals surface area contributed by atoms with Crippen molar-refractivity contribution in [3.8, 4) is 0 Å². The van der Waals surface area contributed by atoms with Crippen molar-refractivity contribution in [2.75, 3.05) is 19.8 Å². The van der Waals surface area contributed by atoms with Gasteiger partial charge in [-0.3, -0.25) is 0 Å². The highest BCUT2D eigenvalue weighted by Crippen LogP contribution is 2.45. The first kappa shape index (κ1) is 79.2. The van der Waals surface area contributed by atoms with Gasteiger partial charge in [0.2, 0.25) is 0 Å². The standard InChI is InChI=1S/C94H98O20/c1-63-77(97-53-65-34-14-3-15-35-65)81(99-55-67-38-18-5-19-39-67)86(102-58-70-44-24-8-25-45-70)92(106-63)114-88-84(113-93-87(103-59-71-46-26-9-27-47-71)82(100-56-68-40-20-6-21-41-68)78(98-54-66-36-16-4-17-37-66)74(108-93)60-96-52-64-32-12-2-13-33-64)80-76(62-105-91(111-80)73-50-30-11-31-51-73)109-94(88)112-83-79-75(61-104-90(110-79)72-48-28-10-29-49-72)107-89(95)85(83)101-57-69-42-22-7-23-43-69/h2-51,63,74-95H,52-62H2,1H3/t63-,74+,75+,76+,77+,78-,79-,80-,81+,82-,83-,84-,85+,86-,87+,88+,89+,90?,91?,92-,93+,94-/m0/s1. The molecule has 594 valence electrons. The summed E-state index contributed by atoms with van der Waals surface area (Å²) in [5.41, 5.74) is 8.72. The van der Waals surface area contributed by atoms with E-state index >= 15 is 0 Å². The van der Waals surface area contributed by atoms with E-state index in [2.05, 4.69) is 0 Å². The molecule has 10 aromatic carbocycles. The summed E-state index contributed by atoms with van der Waals surface area (Å²) >= 11 is 0. The summed E-state index contributed by atoms with van der Waals surface area (Å²) in [6, 6.07) is 98.7. The van der Waals surface area contributed by atoms with Crippen LogP contribution < -0.4 is 0 Å². The van der Waals surface area contributed by atoms with Crippen LogP contribution in [-0.4, -0.2) is 148 Å². The highest BCUT2D eigenvalue weighted by molar-refractivity contribution is 5.23. The molecule has 0 aliphatic carbocycles. The second-order valence-electron chi connectivity index (χ2n) is 29.3. The van der Waals surface area contributed by atoms with E-state index in [1.807, 2.05) is 310 Å². The van der Waals surface area contributed by atoms with Gasteiger partial charge in [0.05, 0.1) is 78.8 Å². The lowest BCUT2D eigenvalue weighted by Crippen LogP contribution is -2.70. The molecule has 6 heterocycles. The van der Waals surface area contributed by atoms with E-state index in [0.717, 1.165) is 55.6 Å². The predicted octanol–water partition coefficient (Wildman–Crippen LogP) is 14.6. The zero-order valence-corrected chi connectivity index (χ0v) is 63.6. The summed E-state index contributed by atoms with van der Waals surface area (Å²) in [6.07, 6.45) is -24.3. The lowest BCUT2D eigenvalue weighted by Gasteiger charge is -2.54. The summed E-state index contributed by atoms with van der Waals surface area (Å²) in [5, 5.41) is 12.6. The smallest absolute Gasteiger partial charge is 0.187 e. The van der Waals surface area contributed by atoms with Crippen molar-refractivity contribution in [3.05, 3.63) is 359 Å². The fraction of sp³-hybridized carbons (Fsp3) is 0.362. The van der Waals surface area contributed by atoms with Crippen LogP contribution in [0.4, 0.5) is 0 Å². The molecule has 0 bridgehead atoms. The third-order valence-electron chi connectivity index (χ3n) is 21.3. The average molecular weight is 1550 g/mol. The summed E-state index contributed by atoms with van der Waals surface area (Å²) in [6.45, 7) is 3.10. The van der Waals surface area contributed by atoms with Crippen molar-refractivity contribution in [1.82, 2.24) is 0 Å². The minimum atomic E-state index is -1.59. The van der Waals surface area contributed by atoms with Crippen LogP contribution in [0.1, 0.15) is 75.1 Å². The molecular formula is C94H98O20. The monoisotopic (exact) mass is 1550 g/mol. The van der Waals surface area contributed by atoms with Gasteiger partial charge in [-0.05, 0) is 51.4 Å². The molecule has 10 aromatic rings. The van der Waals surface area contributed by atoms with Crippen molar-refractivity contribution in [3.63, 3.8) is 0 Å². The van der Waals surface area contributed by atoms with Gasteiger partial charge in [-0.2, -0.15) is 0 Å². The molecule has 22 atom stereocenters. The van der Waals surface area contributed by atoms with E-state index < -0.39 is 135 Å². The van der Waals surface area contributed by atoms with Crippen LogP contribution in [0.5, 0.6) is 0 Å². The van der Waals surface area contributed by atoms with Gasteiger partial charge in [-0.15, -0.1) is 0 Å². The van der Waals surface area contributed by atoms with Crippen molar-refractivity contribution in [1.29, 1.82) is 0 Å². The molecule has 0 aromatic heterocycles. The molecule has 0 saturated carbocycles. The molecule has 0 spiro atoms. The maximum atomic E-state index is 12.6. The number of fused-ring (bicyclic) bond motifs is 2. The summed E-state index contributed by atoms with van der Waals surface area (Å²) in [4.78, 5) is 0. The Kier molecular flexibility index (Phi) is 27.7. The van der Waals surface area contributed by atoms with E-state index in [0.29, 0.717) is 0 Å². The van der Waals surface area contributed by atoms with Crippen LogP contribution >= 0.6 is 0 Å². The van der Waals surface area contributed by atoms with Gasteiger partial charge >= 0.3 is 0 Å². The quantitative estimate of drug-likeness (QED) is 0.0407. The summed E-state index contributed by atoms with van der Waals surface area (Å²) in [5.74, 6) is 0. The molecule has 6 saturated heterocycles. The molecule has 0 amide bonds. The number of benzene rings is 10. The second-order valence-corrected chi connectivity index (χ2v) is 29.3. The van der Waals surface area contributed by atoms with Gasteiger partial charge in [-0.1, -0.05) is 303 Å². The van der Waals surface area contributed by atoms with Gasteiger partial charge in [0.1, 0.15) is 91.6 Å². The number of aliphatic hydroxyl groups is 1. The maximum absolute atomic E-state index is 12.6. The van der Waals surface area contributed by atoms with Gasteiger partial charge < -0.3 is 95.1 Å². The Morgan fingerprint density at radius 3 is 0.956 bits per heavy atom. The van der Waals surface area contributed by atoms with Gasteiger partial charge in [0, 0.05) is 11.1 Å². The van der Waals surface area contributed by atoms with Crippen molar-refractivity contribution >= 4 is 0 Å². The van der Waals surface area contributed by atoms with Crippen molar-refractivity contribution in [2.45, 2.75) is 195 Å². The lowest BCUT2D eigenvalue weighted by molar-refractivity contribution is -0.435. The number of hydrogen-bond acceptors (Lipinski definition) is 20. The highest BCUT2D eigenvalue weighted by Gasteiger charge is 2.61. The lowest BCUT2D eigenvalue weighted by atomic mass is 9.94. The molecule has 114 heavy (non-hydrogen) atoms. The van der Waals surface area contributed by atoms with E-state index in [9.17, 15) is 5.11 Å². The largest absolute Gasteiger partial charge is 0.374 e. The Balaban J connectivity index is 0.855. The molecule has 2 unspecified atom stereocenters. The minimum Gasteiger partial charge on any atom is -0.374 e.